The van der Waals surface area contributed by atoms with Crippen LogP contribution in [0.5, 0.6) is 5.75 Å². The van der Waals surface area contributed by atoms with E-state index < -0.39 is 0 Å². The van der Waals surface area contributed by atoms with Crippen LogP contribution >= 0.6 is 11.3 Å². The summed E-state index contributed by atoms with van der Waals surface area (Å²) in [4.78, 5) is 4.38. The third-order valence-electron chi connectivity index (χ3n) is 2.95. The van der Waals surface area contributed by atoms with E-state index in [9.17, 15) is 0 Å². The zero-order valence-corrected chi connectivity index (χ0v) is 11.3. The van der Waals surface area contributed by atoms with E-state index in [0.717, 1.165) is 24.1 Å². The van der Waals surface area contributed by atoms with Crippen LogP contribution in [0.15, 0.2) is 23.7 Å². The van der Waals surface area contributed by atoms with Gasteiger partial charge in [0.15, 0.2) is 0 Å². The van der Waals surface area contributed by atoms with Gasteiger partial charge in [-0.25, -0.2) is 4.98 Å². The van der Waals surface area contributed by atoms with Gasteiger partial charge in [0.1, 0.15) is 11.3 Å². The molecule has 1 aromatic carbocycles. The molecule has 0 aliphatic heterocycles. The van der Waals surface area contributed by atoms with Gasteiger partial charge in [-0.3, -0.25) is 0 Å². The highest BCUT2D eigenvalue weighted by Crippen LogP contribution is 2.28. The second-order valence-electron chi connectivity index (χ2n) is 4.25. The molecule has 0 amide bonds. The Hall–Kier alpha value is -1.09. The molecule has 0 bridgehead atoms. The highest BCUT2D eigenvalue weighted by atomic mass is 32.1. The van der Waals surface area contributed by atoms with E-state index in [2.05, 4.69) is 24.9 Å². The molecule has 1 unspecified atom stereocenters. The Kier molecular flexibility index (Phi) is 4.37. The molecule has 2 nitrogen and oxygen atoms in total. The van der Waals surface area contributed by atoms with E-state index in [-0.39, 0.29) is 0 Å². The van der Waals surface area contributed by atoms with Gasteiger partial charge in [-0.1, -0.05) is 32.8 Å². The van der Waals surface area contributed by atoms with Gasteiger partial charge in [-0.2, -0.15) is 0 Å². The van der Waals surface area contributed by atoms with E-state index in [0.29, 0.717) is 6.10 Å². The first kappa shape index (κ1) is 12.4. The summed E-state index contributed by atoms with van der Waals surface area (Å²) in [6.07, 6.45) is 4.96. The zero-order chi connectivity index (χ0) is 12.1. The lowest BCUT2D eigenvalue weighted by molar-refractivity contribution is 0.185. The number of nitrogens with zero attached hydrogens (tertiary/aromatic N) is 1. The molecule has 1 heterocycles. The smallest absolute Gasteiger partial charge is 0.146 e. The lowest BCUT2D eigenvalue weighted by Crippen LogP contribution is -2.15. The summed E-state index contributed by atoms with van der Waals surface area (Å²) in [5, 5.41) is 0. The van der Waals surface area contributed by atoms with Crippen molar-refractivity contribution in [2.75, 3.05) is 0 Å². The van der Waals surface area contributed by atoms with Gasteiger partial charge < -0.3 is 4.74 Å². The molecule has 0 aliphatic rings. The summed E-state index contributed by atoms with van der Waals surface area (Å²) in [6, 6.07) is 6.16. The van der Waals surface area contributed by atoms with Gasteiger partial charge in [-0.05, 0) is 25.0 Å². The molecule has 0 aliphatic carbocycles. The molecule has 2 aromatic rings. The molecule has 0 spiro atoms. The number of aromatic nitrogens is 1. The van der Waals surface area contributed by atoms with Gasteiger partial charge in [0, 0.05) is 0 Å². The van der Waals surface area contributed by atoms with Crippen molar-refractivity contribution in [2.24, 2.45) is 0 Å². The third kappa shape index (κ3) is 2.97. The molecule has 1 atom stereocenters. The maximum Gasteiger partial charge on any atom is 0.146 e. The first-order valence-corrected chi connectivity index (χ1v) is 7.22. The Morgan fingerprint density at radius 1 is 1.35 bits per heavy atom. The van der Waals surface area contributed by atoms with Crippen molar-refractivity contribution >= 4 is 21.6 Å². The van der Waals surface area contributed by atoms with Crippen molar-refractivity contribution in [3.8, 4) is 5.75 Å². The SMILES string of the molecule is CCCCC(CC)Oc1cccc2scnc12. The highest BCUT2D eigenvalue weighted by Gasteiger charge is 2.11. The number of hydrogen-bond donors (Lipinski definition) is 0. The number of hydrogen-bond acceptors (Lipinski definition) is 3. The molecule has 0 saturated carbocycles. The molecule has 0 radical (unpaired) electrons. The quantitative estimate of drug-likeness (QED) is 0.743. The second-order valence-corrected chi connectivity index (χ2v) is 5.13. The maximum atomic E-state index is 6.08. The molecule has 1 aromatic heterocycles. The molecular formula is C14H19NOS. The Morgan fingerprint density at radius 2 is 2.24 bits per heavy atom. The molecule has 0 saturated heterocycles. The number of fused-ring (bicyclic) bond motifs is 1. The minimum atomic E-state index is 0.322. The fourth-order valence-corrected chi connectivity index (χ4v) is 2.61. The number of para-hydroxylation sites is 1. The lowest BCUT2D eigenvalue weighted by Gasteiger charge is -2.17. The van der Waals surface area contributed by atoms with Crippen LogP contribution < -0.4 is 4.74 Å². The third-order valence-corrected chi connectivity index (χ3v) is 3.75. The fourth-order valence-electron chi connectivity index (χ4n) is 1.91. The van der Waals surface area contributed by atoms with E-state index in [1.54, 1.807) is 11.3 Å². The van der Waals surface area contributed by atoms with Crippen LogP contribution in [-0.2, 0) is 0 Å². The fraction of sp³-hybridized carbons (Fsp3) is 0.500. The van der Waals surface area contributed by atoms with Gasteiger partial charge in [-0.15, -0.1) is 11.3 Å². The molecular weight excluding hydrogens is 230 g/mol. The van der Waals surface area contributed by atoms with Crippen LogP contribution in [-0.4, -0.2) is 11.1 Å². The van der Waals surface area contributed by atoms with Crippen LogP contribution in [0.4, 0.5) is 0 Å². The molecule has 17 heavy (non-hydrogen) atoms. The Bertz CT molecular complexity index is 466. The van der Waals surface area contributed by atoms with Gasteiger partial charge in [0.05, 0.1) is 16.3 Å². The predicted octanol–water partition coefficient (Wildman–Crippen LogP) is 4.64. The van der Waals surface area contributed by atoms with Gasteiger partial charge in [0.2, 0.25) is 0 Å². The summed E-state index contributed by atoms with van der Waals surface area (Å²) in [6.45, 7) is 4.40. The first-order valence-electron chi connectivity index (χ1n) is 6.34. The average molecular weight is 249 g/mol. The van der Waals surface area contributed by atoms with E-state index >= 15 is 0 Å². The van der Waals surface area contributed by atoms with Crippen molar-refractivity contribution < 1.29 is 4.74 Å². The molecule has 92 valence electrons. The van der Waals surface area contributed by atoms with E-state index in [1.165, 1.54) is 17.5 Å². The van der Waals surface area contributed by atoms with Crippen LogP contribution in [0, 0.1) is 0 Å². The van der Waals surface area contributed by atoms with Gasteiger partial charge >= 0.3 is 0 Å². The number of thiazole rings is 1. The van der Waals surface area contributed by atoms with Crippen LogP contribution in [0.3, 0.4) is 0 Å². The Morgan fingerprint density at radius 3 is 3.00 bits per heavy atom. The topological polar surface area (TPSA) is 22.1 Å². The van der Waals surface area contributed by atoms with Crippen molar-refractivity contribution in [1.29, 1.82) is 0 Å². The summed E-state index contributed by atoms with van der Waals surface area (Å²) < 4.78 is 7.28. The van der Waals surface area contributed by atoms with Gasteiger partial charge in [0.25, 0.3) is 0 Å². The van der Waals surface area contributed by atoms with Crippen LogP contribution in [0.25, 0.3) is 10.2 Å². The number of ether oxygens (including phenoxy) is 1. The summed E-state index contributed by atoms with van der Waals surface area (Å²) in [7, 11) is 0. The van der Waals surface area contributed by atoms with Crippen molar-refractivity contribution in [1.82, 2.24) is 4.98 Å². The Balaban J connectivity index is 2.13. The summed E-state index contributed by atoms with van der Waals surface area (Å²) in [5.74, 6) is 0.937. The van der Waals surface area contributed by atoms with Crippen molar-refractivity contribution in [2.45, 2.75) is 45.6 Å². The highest BCUT2D eigenvalue weighted by molar-refractivity contribution is 7.16. The van der Waals surface area contributed by atoms with Crippen LogP contribution in [0.1, 0.15) is 39.5 Å². The minimum absolute atomic E-state index is 0.322. The molecule has 0 fully saturated rings. The largest absolute Gasteiger partial charge is 0.488 e. The summed E-state index contributed by atoms with van der Waals surface area (Å²) >= 11 is 1.66. The first-order chi connectivity index (χ1) is 8.35. The molecule has 3 heteroatoms. The standard InChI is InChI=1S/C14H19NOS/c1-3-5-7-11(4-2)16-12-8-6-9-13-14(12)15-10-17-13/h6,8-11H,3-5,7H2,1-2H3. The zero-order valence-electron chi connectivity index (χ0n) is 10.5. The lowest BCUT2D eigenvalue weighted by atomic mass is 10.1. The van der Waals surface area contributed by atoms with Crippen LogP contribution in [0.2, 0.25) is 0 Å². The minimum Gasteiger partial charge on any atom is -0.488 e. The predicted molar refractivity (Wildman–Crippen MR) is 73.9 cm³/mol. The number of rotatable bonds is 6. The molecule has 0 N–H and O–H groups in total. The van der Waals surface area contributed by atoms with Crippen molar-refractivity contribution in [3.63, 3.8) is 0 Å². The normalized spacial score (nSPS) is 12.8. The van der Waals surface area contributed by atoms with E-state index in [1.807, 2.05) is 17.6 Å². The average Bonchev–Trinajstić information content (AvgIpc) is 2.83. The van der Waals surface area contributed by atoms with Crippen molar-refractivity contribution in [3.05, 3.63) is 23.7 Å². The monoisotopic (exact) mass is 249 g/mol. The number of unbranched alkanes of at least 4 members (excludes halogenated alkanes) is 1. The van der Waals surface area contributed by atoms with E-state index in [4.69, 9.17) is 4.74 Å². The summed E-state index contributed by atoms with van der Waals surface area (Å²) in [5.41, 5.74) is 2.89. The Labute approximate surface area is 107 Å². The maximum absolute atomic E-state index is 6.08. The second kappa shape index (κ2) is 6.01. The number of benzene rings is 1. The molecule has 2 rings (SSSR count).